The van der Waals surface area contributed by atoms with Crippen molar-refractivity contribution in [1.82, 2.24) is 25.6 Å². The van der Waals surface area contributed by atoms with E-state index < -0.39 is 74.5 Å². The third-order valence-corrected chi connectivity index (χ3v) is 12.1. The van der Waals surface area contributed by atoms with E-state index in [1.165, 1.54) is 21.9 Å². The fourth-order valence-corrected chi connectivity index (χ4v) is 8.98. The molecule has 3 heterocycles. The Hall–Kier alpha value is -3.79. The summed E-state index contributed by atoms with van der Waals surface area (Å²) >= 11 is 5.56. The minimum absolute atomic E-state index is 0.0663. The maximum Gasteiger partial charge on any atom is 0.414 e. The van der Waals surface area contributed by atoms with E-state index >= 15 is 0 Å². The first-order valence-electron chi connectivity index (χ1n) is 17.8. The van der Waals surface area contributed by atoms with Gasteiger partial charge in [-0.1, -0.05) is 31.1 Å². The highest BCUT2D eigenvalue weighted by atomic mass is 32.2. The van der Waals surface area contributed by atoms with Crippen LogP contribution in [0.5, 0.6) is 0 Å². The Morgan fingerprint density at radius 3 is 2.61 bits per heavy atom. The van der Waals surface area contributed by atoms with Crippen LogP contribution in [0.25, 0.3) is 0 Å². The summed E-state index contributed by atoms with van der Waals surface area (Å²) in [5.41, 5.74) is -1.07. The van der Waals surface area contributed by atoms with Crippen molar-refractivity contribution in [3.05, 3.63) is 41.7 Å². The molecule has 0 spiro atoms. The van der Waals surface area contributed by atoms with Gasteiger partial charge in [0.05, 0.1) is 17.5 Å². The van der Waals surface area contributed by atoms with Crippen molar-refractivity contribution < 1.29 is 36.7 Å². The second kappa shape index (κ2) is 14.3. The predicted octanol–water partition coefficient (Wildman–Crippen LogP) is 2.93. The Balaban J connectivity index is 1.27. The highest BCUT2D eigenvalue weighted by Crippen LogP contribution is 2.46. The summed E-state index contributed by atoms with van der Waals surface area (Å²) in [6, 6.07) is 2.54. The van der Waals surface area contributed by atoms with Crippen LogP contribution >= 0.6 is 12.2 Å². The molecule has 2 aliphatic carbocycles. The second-order valence-corrected chi connectivity index (χ2v) is 17.7. The molecule has 4 amide bonds. The zero-order valence-electron chi connectivity index (χ0n) is 29.2. The van der Waals surface area contributed by atoms with Gasteiger partial charge in [-0.25, -0.2) is 17.6 Å². The minimum Gasteiger partial charge on any atom is -0.444 e. The van der Waals surface area contributed by atoms with Crippen LogP contribution in [0, 0.1) is 11.7 Å². The maximum atomic E-state index is 14.4. The molecule has 1 aromatic rings. The lowest BCUT2D eigenvalue weighted by atomic mass is 10.0. The Bertz CT molecular complexity index is 1730. The van der Waals surface area contributed by atoms with Crippen LogP contribution in [0.3, 0.4) is 0 Å². The van der Waals surface area contributed by atoms with Crippen molar-refractivity contribution >= 4 is 56.9 Å². The maximum absolute atomic E-state index is 14.4. The van der Waals surface area contributed by atoms with Gasteiger partial charge in [0, 0.05) is 30.0 Å². The molecule has 1 saturated heterocycles. The molecule has 16 heteroatoms. The number of nitrogens with one attached hydrogen (secondary N) is 4. The number of benzene rings is 1. The van der Waals surface area contributed by atoms with E-state index in [0.29, 0.717) is 49.8 Å². The number of ether oxygens (including phenoxy) is 1. The first-order valence-corrected chi connectivity index (χ1v) is 19.7. The first kappa shape index (κ1) is 37.0. The molecule has 0 unspecified atom stereocenters. The monoisotopic (exact) mass is 746 g/mol. The van der Waals surface area contributed by atoms with Crippen LogP contribution in [-0.2, 0) is 35.6 Å². The fraction of sp³-hybridized carbons (Fsp3) is 0.629. The van der Waals surface area contributed by atoms with Crippen molar-refractivity contribution in [2.45, 2.75) is 119 Å². The Kier molecular flexibility index (Phi) is 10.4. The summed E-state index contributed by atoms with van der Waals surface area (Å²) in [4.78, 5) is 58.4. The van der Waals surface area contributed by atoms with E-state index in [2.05, 4.69) is 20.7 Å². The van der Waals surface area contributed by atoms with Crippen molar-refractivity contribution in [3.63, 3.8) is 0 Å². The zero-order chi connectivity index (χ0) is 36.7. The molecule has 0 aromatic heterocycles. The molecule has 278 valence electrons. The molecule has 3 fully saturated rings. The van der Waals surface area contributed by atoms with Crippen molar-refractivity contribution in [2.24, 2.45) is 5.92 Å². The second-order valence-electron chi connectivity index (χ2n) is 15.3. The number of halogens is 1. The smallest absolute Gasteiger partial charge is 0.414 e. The third kappa shape index (κ3) is 8.32. The molecule has 51 heavy (non-hydrogen) atoms. The van der Waals surface area contributed by atoms with Gasteiger partial charge in [0.25, 0.3) is 5.91 Å². The predicted molar refractivity (Wildman–Crippen MR) is 192 cm³/mol. The van der Waals surface area contributed by atoms with E-state index in [0.717, 1.165) is 12.8 Å². The van der Waals surface area contributed by atoms with Gasteiger partial charge in [0.1, 0.15) is 29.5 Å². The van der Waals surface area contributed by atoms with E-state index in [4.69, 9.17) is 17.0 Å². The molecular formula is C35H47FN6O7S2. The van der Waals surface area contributed by atoms with Crippen LogP contribution < -0.4 is 25.6 Å². The lowest BCUT2D eigenvalue weighted by molar-refractivity contribution is -0.141. The first-order chi connectivity index (χ1) is 24.1. The Labute approximate surface area is 303 Å². The number of nitrogens with zero attached hydrogens (tertiary/aromatic N) is 2. The van der Waals surface area contributed by atoms with Crippen LogP contribution in [0.1, 0.15) is 84.1 Å². The van der Waals surface area contributed by atoms with Crippen molar-refractivity contribution in [1.29, 1.82) is 0 Å². The van der Waals surface area contributed by atoms with Crippen LogP contribution in [-0.4, -0.2) is 89.8 Å². The molecule has 3 aliphatic heterocycles. The number of hydrogen-bond acceptors (Lipinski definition) is 8. The fourth-order valence-electron chi connectivity index (χ4n) is 7.17. The number of amides is 4. The van der Waals surface area contributed by atoms with Crippen LogP contribution in [0.15, 0.2) is 30.4 Å². The largest absolute Gasteiger partial charge is 0.444 e. The lowest BCUT2D eigenvalue weighted by Gasteiger charge is -2.31. The molecule has 6 rings (SSSR count). The molecule has 13 nitrogen and oxygen atoms in total. The average molecular weight is 747 g/mol. The average Bonchev–Trinajstić information content (AvgIpc) is 3.93. The summed E-state index contributed by atoms with van der Waals surface area (Å²) < 4.78 is 48.0. The van der Waals surface area contributed by atoms with Gasteiger partial charge in [-0.2, -0.15) is 0 Å². The van der Waals surface area contributed by atoms with E-state index in [9.17, 15) is 32.0 Å². The lowest BCUT2D eigenvalue weighted by Crippen LogP contribution is -2.59. The zero-order valence-corrected chi connectivity index (χ0v) is 30.8. The van der Waals surface area contributed by atoms with E-state index in [-0.39, 0.29) is 36.6 Å². The number of allylic oxidation sites excluding steroid dienone is 1. The highest BCUT2D eigenvalue weighted by Gasteiger charge is 2.62. The molecule has 5 atom stereocenters. The molecule has 0 bridgehead atoms. The third-order valence-electron chi connectivity index (χ3n) is 10.1. The normalized spacial score (nSPS) is 28.9. The summed E-state index contributed by atoms with van der Waals surface area (Å²) in [6.07, 6.45) is 7.03. The summed E-state index contributed by atoms with van der Waals surface area (Å²) in [5.74, 6) is -2.74. The number of anilines is 1. The minimum atomic E-state index is -3.89. The van der Waals surface area contributed by atoms with E-state index in [1.54, 1.807) is 6.07 Å². The highest BCUT2D eigenvalue weighted by molar-refractivity contribution is 7.91. The van der Waals surface area contributed by atoms with E-state index in [1.807, 2.05) is 32.9 Å². The number of rotatable bonds is 5. The number of hydrogen-bond donors (Lipinski definition) is 4. The number of thiocarbonyl (C=S) groups is 1. The van der Waals surface area contributed by atoms with Gasteiger partial charge < -0.3 is 25.6 Å². The molecule has 0 radical (unpaired) electrons. The standard InChI is InChI=1S/C35H47FN6O7S2/c1-34(2,3)39-32(50)37-26-12-8-6-4-5-7-10-21-19-35(21,31(45)40-51(47,48)23-14-15-23)38-29(43)28-18-22(20-42(28)30(26)44)49-33(46)41-17-16-24-25(36)11-9-13-27(24)41/h7,9-11,13,21-23,26,28H,4-6,8,12,14-20H2,1-3H3,(H,38,43)(H,40,45)(H2,37,39,50)/b10-7-/t21-,22+,26-,28-,35+/m0/s1. The molecule has 4 N–H and O–H groups in total. The topological polar surface area (TPSA) is 166 Å². The van der Waals surface area contributed by atoms with Crippen LogP contribution in [0.4, 0.5) is 14.9 Å². The van der Waals surface area contributed by atoms with Crippen molar-refractivity contribution in [2.75, 3.05) is 18.0 Å². The number of carbonyl (C=O) groups excluding carboxylic acids is 4. The van der Waals surface area contributed by atoms with Gasteiger partial charge in [-0.05, 0) is 90.1 Å². The number of sulfonamides is 1. The number of fused-ring (bicyclic) bond motifs is 3. The molecule has 1 aromatic carbocycles. The number of carbonyl (C=O) groups is 4. The summed E-state index contributed by atoms with van der Waals surface area (Å²) in [6.45, 7) is 5.92. The molecule has 2 saturated carbocycles. The Morgan fingerprint density at radius 1 is 1.12 bits per heavy atom. The molecular weight excluding hydrogens is 700 g/mol. The van der Waals surface area contributed by atoms with Crippen LogP contribution in [0.2, 0.25) is 0 Å². The van der Waals surface area contributed by atoms with Crippen molar-refractivity contribution in [3.8, 4) is 0 Å². The van der Waals surface area contributed by atoms with Gasteiger partial charge in [0.2, 0.25) is 21.8 Å². The SMILES string of the molecule is CC(C)(C)NC(=S)N[C@H]1CCCCC/C=C\[C@H]2C[C@@]2(C(=O)NS(=O)(=O)C2CC2)NC(=O)[C@@H]2C[C@@H](OC(=O)N3CCc4c(F)cccc43)CN2C1=O. The van der Waals surface area contributed by atoms with Gasteiger partial charge in [-0.15, -0.1) is 0 Å². The van der Waals surface area contributed by atoms with Gasteiger partial charge >= 0.3 is 6.09 Å². The summed E-state index contributed by atoms with van der Waals surface area (Å²) in [5, 5.41) is 8.79. The summed E-state index contributed by atoms with van der Waals surface area (Å²) in [7, 11) is -3.89. The van der Waals surface area contributed by atoms with Gasteiger partial charge in [0.15, 0.2) is 5.11 Å². The molecule has 5 aliphatic rings. The quantitative estimate of drug-likeness (QED) is 0.260. The Morgan fingerprint density at radius 2 is 1.88 bits per heavy atom. The van der Waals surface area contributed by atoms with Gasteiger partial charge in [-0.3, -0.25) is 24.0 Å².